The summed E-state index contributed by atoms with van der Waals surface area (Å²) in [7, 11) is 1.61. The highest BCUT2D eigenvalue weighted by Crippen LogP contribution is 2.48. The van der Waals surface area contributed by atoms with Crippen molar-refractivity contribution in [1.82, 2.24) is 0 Å². The third-order valence-corrected chi connectivity index (χ3v) is 6.42. The lowest BCUT2D eigenvalue weighted by Crippen LogP contribution is -2.38. The number of anilines is 2. The van der Waals surface area contributed by atoms with Crippen molar-refractivity contribution in [3.05, 3.63) is 89.0 Å². The van der Waals surface area contributed by atoms with Crippen molar-refractivity contribution in [3.8, 4) is 5.75 Å². The van der Waals surface area contributed by atoms with Gasteiger partial charge in [0.25, 0.3) is 5.91 Å². The highest BCUT2D eigenvalue weighted by molar-refractivity contribution is 6.24. The predicted molar refractivity (Wildman–Crippen MR) is 126 cm³/mol. The Balaban J connectivity index is 1.62. The summed E-state index contributed by atoms with van der Waals surface area (Å²) in [6.07, 6.45) is -0.894. The normalized spacial score (nSPS) is 22.1. The zero-order valence-corrected chi connectivity index (χ0v) is 19.1. The van der Waals surface area contributed by atoms with Gasteiger partial charge < -0.3 is 4.74 Å². The van der Waals surface area contributed by atoms with Crippen LogP contribution >= 0.6 is 0 Å². The van der Waals surface area contributed by atoms with Crippen LogP contribution in [-0.4, -0.2) is 25.0 Å². The van der Waals surface area contributed by atoms with Gasteiger partial charge in [-0.3, -0.25) is 14.4 Å². The molecule has 3 aromatic carbocycles. The monoisotopic (exact) mass is 442 g/mol. The highest BCUT2D eigenvalue weighted by Gasteiger charge is 2.60. The van der Waals surface area contributed by atoms with Crippen LogP contribution in [0.5, 0.6) is 5.75 Å². The average Bonchev–Trinajstić information content (AvgIpc) is 3.31. The number of aryl methyl sites for hydroxylation is 3. The molecule has 0 aromatic heterocycles. The van der Waals surface area contributed by atoms with E-state index in [1.165, 1.54) is 4.90 Å². The third kappa shape index (κ3) is 3.38. The smallest absolute Gasteiger partial charge is 0.266 e. The summed E-state index contributed by atoms with van der Waals surface area (Å²) < 4.78 is 5.43. The third-order valence-electron chi connectivity index (χ3n) is 6.42. The first kappa shape index (κ1) is 21.2. The maximum Gasteiger partial charge on any atom is 0.266 e. The van der Waals surface area contributed by atoms with Crippen molar-refractivity contribution in [1.29, 1.82) is 0 Å². The van der Waals surface area contributed by atoms with Crippen molar-refractivity contribution in [2.45, 2.75) is 32.9 Å². The molecule has 0 radical (unpaired) electrons. The number of amides is 2. The fourth-order valence-corrected chi connectivity index (χ4v) is 5.12. The van der Waals surface area contributed by atoms with Crippen LogP contribution in [0.3, 0.4) is 0 Å². The van der Waals surface area contributed by atoms with E-state index in [0.29, 0.717) is 11.4 Å². The summed E-state index contributed by atoms with van der Waals surface area (Å²) in [5.74, 6) is -0.564. The first-order valence-corrected chi connectivity index (χ1v) is 11.0. The first-order valence-electron chi connectivity index (χ1n) is 11.0. The van der Waals surface area contributed by atoms with Crippen molar-refractivity contribution in [2.75, 3.05) is 17.1 Å². The standard InChI is InChI=1S/C27H26N2O4/c1-16-13-17(2)23(18(3)14-16)28-26(30)22-24(19-9-8-12-21(15-19)32-4)29(33-25(22)27(28)31)20-10-6-5-7-11-20/h5-15,22,24-25H,1-4H3/t22-,24+,25+/m1/s1. The van der Waals surface area contributed by atoms with Crippen molar-refractivity contribution in [3.63, 3.8) is 0 Å². The van der Waals surface area contributed by atoms with E-state index in [1.54, 1.807) is 12.2 Å². The summed E-state index contributed by atoms with van der Waals surface area (Å²) in [4.78, 5) is 35.0. The maximum atomic E-state index is 13.9. The molecule has 0 spiro atoms. The molecule has 2 fully saturated rings. The molecule has 2 aliphatic heterocycles. The SMILES string of the molecule is COc1cccc([C@H]2[C@H]3C(=O)N(c4c(C)cc(C)cc4C)C(=O)[C@H]3ON2c2ccccc2)c1. The van der Waals surface area contributed by atoms with Gasteiger partial charge in [0.15, 0.2) is 6.10 Å². The molecule has 0 bridgehead atoms. The lowest BCUT2D eigenvalue weighted by molar-refractivity contribution is -0.126. The maximum absolute atomic E-state index is 13.9. The number of hydroxylamine groups is 1. The minimum atomic E-state index is -0.894. The van der Waals surface area contributed by atoms with Gasteiger partial charge >= 0.3 is 0 Å². The molecule has 2 aliphatic rings. The minimum absolute atomic E-state index is 0.244. The number of ether oxygens (including phenoxy) is 1. The second-order valence-corrected chi connectivity index (χ2v) is 8.69. The van der Waals surface area contributed by atoms with E-state index >= 15 is 0 Å². The van der Waals surface area contributed by atoms with E-state index in [1.807, 2.05) is 87.5 Å². The molecule has 3 aromatic rings. The molecular weight excluding hydrogens is 416 g/mol. The number of nitrogens with zero attached hydrogens (tertiary/aromatic N) is 2. The van der Waals surface area contributed by atoms with Gasteiger partial charge in [-0.05, 0) is 61.7 Å². The fraction of sp³-hybridized carbons (Fsp3) is 0.259. The van der Waals surface area contributed by atoms with Gasteiger partial charge in [0.05, 0.1) is 24.5 Å². The van der Waals surface area contributed by atoms with Gasteiger partial charge in [-0.15, -0.1) is 0 Å². The number of rotatable bonds is 4. The Morgan fingerprint density at radius 3 is 2.21 bits per heavy atom. The summed E-state index contributed by atoms with van der Waals surface area (Å²) >= 11 is 0. The number of imide groups is 1. The average molecular weight is 443 g/mol. The zero-order chi connectivity index (χ0) is 23.3. The van der Waals surface area contributed by atoms with E-state index < -0.39 is 18.1 Å². The van der Waals surface area contributed by atoms with Crippen molar-refractivity contribution in [2.24, 2.45) is 5.92 Å². The molecule has 0 aliphatic carbocycles. The molecule has 6 nitrogen and oxygen atoms in total. The number of fused-ring (bicyclic) bond motifs is 1. The summed E-state index contributed by atoms with van der Waals surface area (Å²) in [6.45, 7) is 5.87. The second kappa shape index (κ2) is 8.05. The lowest BCUT2D eigenvalue weighted by Gasteiger charge is -2.29. The van der Waals surface area contributed by atoms with Gasteiger partial charge in [0, 0.05) is 0 Å². The van der Waals surface area contributed by atoms with Crippen LogP contribution in [0, 0.1) is 26.7 Å². The largest absolute Gasteiger partial charge is 0.497 e. The van der Waals surface area contributed by atoms with E-state index in [4.69, 9.17) is 9.57 Å². The summed E-state index contributed by atoms with van der Waals surface area (Å²) in [5, 5.41) is 1.70. The molecule has 2 heterocycles. The first-order chi connectivity index (χ1) is 15.9. The molecular formula is C27H26N2O4. The summed E-state index contributed by atoms with van der Waals surface area (Å²) in [6, 6.07) is 20.7. The number of hydrogen-bond acceptors (Lipinski definition) is 5. The van der Waals surface area contributed by atoms with Gasteiger partial charge in [0.1, 0.15) is 11.7 Å². The van der Waals surface area contributed by atoms with E-state index in [2.05, 4.69) is 0 Å². The van der Waals surface area contributed by atoms with Crippen LogP contribution in [0.2, 0.25) is 0 Å². The molecule has 0 unspecified atom stereocenters. The summed E-state index contributed by atoms with van der Waals surface area (Å²) in [5.41, 5.74) is 5.18. The van der Waals surface area contributed by atoms with Gasteiger partial charge in [-0.1, -0.05) is 48.0 Å². The molecule has 168 valence electrons. The van der Waals surface area contributed by atoms with Crippen molar-refractivity contribution >= 4 is 23.2 Å². The van der Waals surface area contributed by atoms with Crippen molar-refractivity contribution < 1.29 is 19.2 Å². The van der Waals surface area contributed by atoms with Crippen LogP contribution in [0.4, 0.5) is 11.4 Å². The van der Waals surface area contributed by atoms with Crippen LogP contribution in [0.25, 0.3) is 0 Å². The Morgan fingerprint density at radius 1 is 0.848 bits per heavy atom. The molecule has 2 saturated heterocycles. The number of carbonyl (C=O) groups is 2. The topological polar surface area (TPSA) is 59.1 Å². The predicted octanol–water partition coefficient (Wildman–Crippen LogP) is 4.67. The van der Waals surface area contributed by atoms with E-state index in [9.17, 15) is 9.59 Å². The molecule has 2 amide bonds. The Labute approximate surface area is 193 Å². The molecule has 5 rings (SSSR count). The molecule has 0 saturated carbocycles. The number of methoxy groups -OCH3 is 1. The van der Waals surface area contributed by atoms with Gasteiger partial charge in [-0.25, -0.2) is 9.96 Å². The number of benzene rings is 3. The number of carbonyl (C=O) groups excluding carboxylic acids is 2. The van der Waals surface area contributed by atoms with Crippen LogP contribution in [-0.2, 0) is 14.4 Å². The number of para-hydroxylation sites is 1. The fourth-order valence-electron chi connectivity index (χ4n) is 5.12. The Morgan fingerprint density at radius 2 is 1.55 bits per heavy atom. The van der Waals surface area contributed by atoms with Crippen LogP contribution in [0.1, 0.15) is 28.3 Å². The zero-order valence-electron chi connectivity index (χ0n) is 19.1. The second-order valence-electron chi connectivity index (χ2n) is 8.69. The Bertz CT molecular complexity index is 1220. The van der Waals surface area contributed by atoms with Crippen LogP contribution in [0.15, 0.2) is 66.7 Å². The molecule has 0 N–H and O–H groups in total. The van der Waals surface area contributed by atoms with Gasteiger partial charge in [0.2, 0.25) is 5.91 Å². The highest BCUT2D eigenvalue weighted by atomic mass is 16.7. The van der Waals surface area contributed by atoms with E-state index in [0.717, 1.165) is 27.9 Å². The minimum Gasteiger partial charge on any atom is -0.497 e. The number of hydrogen-bond donors (Lipinski definition) is 0. The van der Waals surface area contributed by atoms with Gasteiger partial charge in [-0.2, -0.15) is 0 Å². The van der Waals surface area contributed by atoms with Crippen LogP contribution < -0.4 is 14.7 Å². The molecule has 33 heavy (non-hydrogen) atoms. The lowest BCUT2D eigenvalue weighted by atomic mass is 9.90. The quantitative estimate of drug-likeness (QED) is 0.550. The Kier molecular flexibility index (Phi) is 5.17. The Hall–Kier alpha value is -3.64. The van der Waals surface area contributed by atoms with E-state index in [-0.39, 0.29) is 11.8 Å². The molecule has 3 atom stereocenters. The molecule has 6 heteroatoms.